The third-order valence-electron chi connectivity index (χ3n) is 3.66. The first-order chi connectivity index (χ1) is 10.1. The molecule has 0 saturated heterocycles. The number of halogens is 3. The van der Waals surface area contributed by atoms with E-state index in [1.54, 1.807) is 6.07 Å². The Bertz CT molecular complexity index is 690. The first-order valence-electron chi connectivity index (χ1n) is 6.69. The highest BCUT2D eigenvalue weighted by atomic mass is 79.9. The number of benzene rings is 2. The fourth-order valence-corrected chi connectivity index (χ4v) is 3.46. The SMILES string of the molecule is Cc1c(Br)cccc1NC1CCOc2c(Cl)cc(Cl)cc21. The number of anilines is 1. The maximum Gasteiger partial charge on any atom is 0.143 e. The second-order valence-electron chi connectivity index (χ2n) is 5.05. The van der Waals surface area contributed by atoms with Crippen LogP contribution in [-0.2, 0) is 0 Å². The van der Waals surface area contributed by atoms with Crippen LogP contribution in [0.4, 0.5) is 5.69 Å². The van der Waals surface area contributed by atoms with Crippen LogP contribution in [0.25, 0.3) is 0 Å². The second-order valence-corrected chi connectivity index (χ2v) is 6.75. The Morgan fingerprint density at radius 3 is 2.90 bits per heavy atom. The minimum absolute atomic E-state index is 0.137. The summed E-state index contributed by atoms with van der Waals surface area (Å²) in [6, 6.07) is 9.90. The van der Waals surface area contributed by atoms with Crippen molar-refractivity contribution in [2.75, 3.05) is 11.9 Å². The molecule has 0 saturated carbocycles. The molecule has 0 spiro atoms. The maximum absolute atomic E-state index is 6.23. The normalized spacial score (nSPS) is 17.0. The van der Waals surface area contributed by atoms with Gasteiger partial charge in [0.25, 0.3) is 0 Å². The van der Waals surface area contributed by atoms with Crippen molar-refractivity contribution in [2.45, 2.75) is 19.4 Å². The summed E-state index contributed by atoms with van der Waals surface area (Å²) in [4.78, 5) is 0. The zero-order chi connectivity index (χ0) is 15.0. The molecule has 1 atom stereocenters. The summed E-state index contributed by atoms with van der Waals surface area (Å²) in [6.07, 6.45) is 0.871. The Morgan fingerprint density at radius 1 is 1.29 bits per heavy atom. The molecule has 110 valence electrons. The molecule has 2 aromatic rings. The average molecular weight is 387 g/mol. The zero-order valence-electron chi connectivity index (χ0n) is 11.4. The van der Waals surface area contributed by atoms with Crippen LogP contribution in [0, 0.1) is 6.92 Å². The van der Waals surface area contributed by atoms with Crippen LogP contribution in [0.1, 0.15) is 23.6 Å². The largest absolute Gasteiger partial charge is 0.492 e. The zero-order valence-corrected chi connectivity index (χ0v) is 14.5. The molecule has 1 aliphatic rings. The quantitative estimate of drug-likeness (QED) is 0.683. The van der Waals surface area contributed by atoms with Crippen molar-refractivity contribution in [3.05, 3.63) is 56.0 Å². The monoisotopic (exact) mass is 385 g/mol. The van der Waals surface area contributed by atoms with E-state index >= 15 is 0 Å². The van der Waals surface area contributed by atoms with Gasteiger partial charge in [-0.1, -0.05) is 45.2 Å². The van der Waals surface area contributed by atoms with E-state index in [4.69, 9.17) is 27.9 Å². The second kappa shape index (κ2) is 6.07. The molecule has 2 aromatic carbocycles. The maximum atomic E-state index is 6.23. The predicted octanol–water partition coefficient (Wildman–Crippen LogP) is 6.00. The van der Waals surface area contributed by atoms with Crippen LogP contribution in [0.3, 0.4) is 0 Å². The van der Waals surface area contributed by atoms with Gasteiger partial charge < -0.3 is 10.1 Å². The van der Waals surface area contributed by atoms with E-state index in [-0.39, 0.29) is 6.04 Å². The molecule has 0 bridgehead atoms. The van der Waals surface area contributed by atoms with E-state index < -0.39 is 0 Å². The fraction of sp³-hybridized carbons (Fsp3) is 0.250. The molecule has 3 rings (SSSR count). The Kier molecular flexibility index (Phi) is 4.34. The molecule has 21 heavy (non-hydrogen) atoms. The lowest BCUT2D eigenvalue weighted by atomic mass is 9.99. The van der Waals surface area contributed by atoms with E-state index in [1.165, 1.54) is 5.56 Å². The summed E-state index contributed by atoms with van der Waals surface area (Å²) >= 11 is 15.9. The van der Waals surface area contributed by atoms with E-state index in [1.807, 2.05) is 18.2 Å². The Labute approximate surface area is 142 Å². The van der Waals surface area contributed by atoms with Crippen molar-refractivity contribution in [1.29, 1.82) is 0 Å². The molecule has 1 N–H and O–H groups in total. The van der Waals surface area contributed by atoms with Crippen molar-refractivity contribution < 1.29 is 4.74 Å². The number of hydrogen-bond acceptors (Lipinski definition) is 2. The highest BCUT2D eigenvalue weighted by Crippen LogP contribution is 2.41. The third-order valence-corrected chi connectivity index (χ3v) is 5.02. The molecule has 2 nitrogen and oxygen atoms in total. The van der Waals surface area contributed by atoms with Crippen molar-refractivity contribution in [3.63, 3.8) is 0 Å². The lowest BCUT2D eigenvalue weighted by Gasteiger charge is -2.29. The van der Waals surface area contributed by atoms with Gasteiger partial charge in [0.2, 0.25) is 0 Å². The van der Waals surface area contributed by atoms with Crippen LogP contribution in [0.15, 0.2) is 34.8 Å². The van der Waals surface area contributed by atoms with Crippen LogP contribution in [0.2, 0.25) is 10.0 Å². The standard InChI is InChI=1S/C16H14BrCl2NO/c1-9-12(17)3-2-4-14(9)20-15-5-6-21-16-11(15)7-10(18)8-13(16)19/h2-4,7-8,15,20H,5-6H2,1H3. The first kappa shape index (κ1) is 15.0. The fourth-order valence-electron chi connectivity index (χ4n) is 2.53. The molecule has 1 unspecified atom stereocenters. The summed E-state index contributed by atoms with van der Waals surface area (Å²) in [5, 5.41) is 4.76. The van der Waals surface area contributed by atoms with Crippen LogP contribution in [-0.4, -0.2) is 6.61 Å². The van der Waals surface area contributed by atoms with Gasteiger partial charge in [0.1, 0.15) is 5.75 Å². The molecule has 1 heterocycles. The van der Waals surface area contributed by atoms with E-state index in [0.717, 1.165) is 27.9 Å². The first-order valence-corrected chi connectivity index (χ1v) is 8.24. The van der Waals surface area contributed by atoms with Gasteiger partial charge in [0.05, 0.1) is 17.7 Å². The van der Waals surface area contributed by atoms with Gasteiger partial charge in [-0.25, -0.2) is 0 Å². The average Bonchev–Trinajstić information content (AvgIpc) is 2.44. The van der Waals surface area contributed by atoms with Crippen LogP contribution in [0.5, 0.6) is 5.75 Å². The third kappa shape index (κ3) is 3.01. The Balaban J connectivity index is 1.97. The number of nitrogens with one attached hydrogen (secondary N) is 1. The van der Waals surface area contributed by atoms with Gasteiger partial charge in [-0.3, -0.25) is 0 Å². The molecule has 0 aromatic heterocycles. The summed E-state index contributed by atoms with van der Waals surface area (Å²) < 4.78 is 6.78. The van der Waals surface area contributed by atoms with Gasteiger partial charge >= 0.3 is 0 Å². The van der Waals surface area contributed by atoms with Crippen LogP contribution >= 0.6 is 39.1 Å². The van der Waals surface area contributed by atoms with Gasteiger partial charge in [-0.2, -0.15) is 0 Å². The highest BCUT2D eigenvalue weighted by Gasteiger charge is 2.24. The molecule has 1 aliphatic heterocycles. The molecule has 0 amide bonds. The summed E-state index contributed by atoms with van der Waals surface area (Å²) in [5.41, 5.74) is 3.29. The van der Waals surface area contributed by atoms with Crippen molar-refractivity contribution >= 4 is 44.8 Å². The Hall–Kier alpha value is -0.900. The highest BCUT2D eigenvalue weighted by molar-refractivity contribution is 9.10. The smallest absolute Gasteiger partial charge is 0.143 e. The molecular formula is C16H14BrCl2NO. The summed E-state index contributed by atoms with van der Waals surface area (Å²) in [7, 11) is 0. The summed E-state index contributed by atoms with van der Waals surface area (Å²) in [6.45, 7) is 2.72. The summed E-state index contributed by atoms with van der Waals surface area (Å²) in [5.74, 6) is 0.734. The van der Waals surface area contributed by atoms with E-state index in [9.17, 15) is 0 Å². The van der Waals surface area contributed by atoms with Gasteiger partial charge in [-0.05, 0) is 36.8 Å². The molecule has 0 aliphatic carbocycles. The Morgan fingerprint density at radius 2 is 2.10 bits per heavy atom. The lowest BCUT2D eigenvalue weighted by molar-refractivity contribution is 0.274. The van der Waals surface area contributed by atoms with E-state index in [0.29, 0.717) is 16.7 Å². The van der Waals surface area contributed by atoms with Crippen molar-refractivity contribution in [3.8, 4) is 5.75 Å². The minimum Gasteiger partial charge on any atom is -0.492 e. The molecular weight excluding hydrogens is 373 g/mol. The van der Waals surface area contributed by atoms with Crippen molar-refractivity contribution in [1.82, 2.24) is 0 Å². The molecule has 0 fully saturated rings. The number of rotatable bonds is 2. The molecule has 0 radical (unpaired) electrons. The van der Waals surface area contributed by atoms with Gasteiger partial charge in [0, 0.05) is 27.2 Å². The number of ether oxygens (including phenoxy) is 1. The van der Waals surface area contributed by atoms with Gasteiger partial charge in [0.15, 0.2) is 0 Å². The number of fused-ring (bicyclic) bond motifs is 1. The molecule has 5 heteroatoms. The lowest BCUT2D eigenvalue weighted by Crippen LogP contribution is -2.21. The van der Waals surface area contributed by atoms with Crippen LogP contribution < -0.4 is 10.1 Å². The van der Waals surface area contributed by atoms with E-state index in [2.05, 4.69) is 34.2 Å². The topological polar surface area (TPSA) is 21.3 Å². The number of hydrogen-bond donors (Lipinski definition) is 1. The van der Waals surface area contributed by atoms with Gasteiger partial charge in [-0.15, -0.1) is 0 Å². The predicted molar refractivity (Wildman–Crippen MR) is 91.8 cm³/mol. The van der Waals surface area contributed by atoms with Crippen molar-refractivity contribution in [2.24, 2.45) is 0 Å². The minimum atomic E-state index is 0.137.